The minimum absolute atomic E-state index is 0.0197. The van der Waals surface area contributed by atoms with Crippen molar-refractivity contribution in [2.24, 2.45) is 29.4 Å². The molecule has 1 heterocycles. The fraction of sp³-hybridized carbons (Fsp3) is 0.462. The highest BCUT2D eigenvalue weighted by molar-refractivity contribution is 6.32. The van der Waals surface area contributed by atoms with Gasteiger partial charge in [0.05, 0.1) is 29.6 Å². The van der Waals surface area contributed by atoms with Gasteiger partial charge < -0.3 is 30.2 Å². The summed E-state index contributed by atoms with van der Waals surface area (Å²) in [5.41, 5.74) is 5.14. The third kappa shape index (κ3) is 6.25. The summed E-state index contributed by atoms with van der Waals surface area (Å²) in [5.74, 6) is -9.93. The number of furan rings is 1. The maximum atomic E-state index is 14.5. The second-order valence-electron chi connectivity index (χ2n) is 15.1. The number of benzene rings is 2. The van der Waals surface area contributed by atoms with Crippen LogP contribution in [0.3, 0.4) is 0 Å². The molecule has 0 spiro atoms. The van der Waals surface area contributed by atoms with E-state index in [4.69, 9.17) is 10.2 Å². The molecule has 2 fully saturated rings. The first-order valence-corrected chi connectivity index (χ1v) is 17.5. The molecule has 0 radical (unpaired) electrons. The number of phenolic OH excluding ortho intramolecular Hbond substituents is 1. The molecule has 3 aliphatic carbocycles. The van der Waals surface area contributed by atoms with Crippen LogP contribution < -0.4 is 10.6 Å². The van der Waals surface area contributed by atoms with E-state index >= 15 is 0 Å². The van der Waals surface area contributed by atoms with Crippen LogP contribution in [0, 0.1) is 23.7 Å². The molecule has 0 aliphatic heterocycles. The van der Waals surface area contributed by atoms with Gasteiger partial charge in [0.2, 0.25) is 5.91 Å². The highest BCUT2D eigenvalue weighted by atomic mass is 16.3. The lowest BCUT2D eigenvalue weighted by Crippen LogP contribution is -2.74. The van der Waals surface area contributed by atoms with Crippen molar-refractivity contribution in [1.29, 1.82) is 0 Å². The van der Waals surface area contributed by atoms with E-state index in [0.717, 1.165) is 18.7 Å². The topological polar surface area (TPSA) is 178 Å². The summed E-state index contributed by atoms with van der Waals surface area (Å²) in [5, 5.41) is 23.8. The molecule has 2 aromatic carbocycles. The fourth-order valence-corrected chi connectivity index (χ4v) is 8.46. The first-order valence-electron chi connectivity index (χ1n) is 17.5. The van der Waals surface area contributed by atoms with Crippen LogP contribution in [0.5, 0.6) is 5.75 Å². The van der Waals surface area contributed by atoms with Gasteiger partial charge in [0.1, 0.15) is 17.3 Å². The zero-order valence-electron chi connectivity index (χ0n) is 30.5. The largest absolute Gasteiger partial charge is 0.506 e. The molecule has 52 heavy (non-hydrogen) atoms. The van der Waals surface area contributed by atoms with Crippen molar-refractivity contribution in [3.8, 4) is 17.1 Å². The maximum absolute atomic E-state index is 14.5. The quantitative estimate of drug-likeness (QED) is 0.246. The Morgan fingerprint density at radius 3 is 2.25 bits per heavy atom. The molecule has 3 aliphatic rings. The number of aromatic hydroxyl groups is 1. The Bertz CT molecular complexity index is 1920. The predicted octanol–water partition coefficient (Wildman–Crippen LogP) is 1.76. The molecule has 1 aromatic heterocycles. The Hall–Kier alpha value is -4.69. The van der Waals surface area contributed by atoms with Crippen LogP contribution in [-0.4, -0.2) is 121 Å². The molecule has 13 heteroatoms. The molecule has 276 valence electrons. The van der Waals surface area contributed by atoms with Gasteiger partial charge in [-0.3, -0.25) is 33.8 Å². The number of carbonyl (C=O) groups excluding carboxylic acids is 5. The highest BCUT2D eigenvalue weighted by Gasteiger charge is 2.69. The molecule has 0 bridgehead atoms. The molecule has 1 amide bonds. The van der Waals surface area contributed by atoms with E-state index in [9.17, 15) is 34.2 Å². The molecule has 6 rings (SSSR count). The van der Waals surface area contributed by atoms with Crippen molar-refractivity contribution < 1.29 is 38.6 Å². The Kier molecular flexibility index (Phi) is 10.0. The maximum Gasteiger partial charge on any atom is 0.235 e. The van der Waals surface area contributed by atoms with Gasteiger partial charge in [0.25, 0.3) is 0 Å². The predicted molar refractivity (Wildman–Crippen MR) is 192 cm³/mol. The number of nitrogens with two attached hydrogens (primary N) is 1. The van der Waals surface area contributed by atoms with Gasteiger partial charge in [-0.15, -0.1) is 0 Å². The number of carbonyl (C=O) groups is 5. The molecule has 3 aromatic rings. The number of rotatable bonds is 11. The van der Waals surface area contributed by atoms with Gasteiger partial charge in [0.15, 0.2) is 34.7 Å². The SMILES string of the molecule is CN(C)CCN(Cc1ccccc1)Cc1ccc(-c2cc(N(C)C)c3c(c2O)C(=O)C2C(=O)[C@@]4(O)C(=O)C(C(N)=O)C(=O)[C@@H](N(C)C)[C@@H]4C[C@@H]2C3)o1. The number of anilines is 1. The monoisotopic (exact) mass is 713 g/mol. The Morgan fingerprint density at radius 1 is 0.942 bits per heavy atom. The Morgan fingerprint density at radius 2 is 1.63 bits per heavy atom. The van der Waals surface area contributed by atoms with Crippen molar-refractivity contribution in [2.45, 2.75) is 37.6 Å². The van der Waals surface area contributed by atoms with E-state index < -0.39 is 64.4 Å². The zero-order chi connectivity index (χ0) is 37.8. The molecule has 4 N–H and O–H groups in total. The summed E-state index contributed by atoms with van der Waals surface area (Å²) < 4.78 is 6.32. The molecule has 2 unspecified atom stereocenters. The average Bonchev–Trinajstić information content (AvgIpc) is 3.53. The van der Waals surface area contributed by atoms with Gasteiger partial charge in [0, 0.05) is 45.3 Å². The second-order valence-corrected chi connectivity index (χ2v) is 15.1. The average molecular weight is 714 g/mol. The Labute approximate surface area is 302 Å². The number of phenols is 1. The summed E-state index contributed by atoms with van der Waals surface area (Å²) in [6.07, 6.45) is 0.144. The van der Waals surface area contributed by atoms with Crippen LogP contribution >= 0.6 is 0 Å². The van der Waals surface area contributed by atoms with Gasteiger partial charge in [-0.05, 0) is 76.3 Å². The lowest BCUT2D eigenvalue weighted by atomic mass is 9.52. The molecule has 6 atom stereocenters. The van der Waals surface area contributed by atoms with Crippen LogP contribution in [0.15, 0.2) is 52.9 Å². The van der Waals surface area contributed by atoms with Crippen LogP contribution in [0.4, 0.5) is 5.69 Å². The number of primary amides is 1. The van der Waals surface area contributed by atoms with Crippen LogP contribution in [0.1, 0.15) is 33.7 Å². The van der Waals surface area contributed by atoms with Crippen LogP contribution in [0.25, 0.3) is 11.3 Å². The number of aliphatic hydroxyl groups is 1. The summed E-state index contributed by atoms with van der Waals surface area (Å²) >= 11 is 0. The third-order valence-corrected chi connectivity index (χ3v) is 10.9. The number of likely N-dealkylation sites (N-methyl/N-ethyl adjacent to an activating group) is 2. The smallest absolute Gasteiger partial charge is 0.235 e. The third-order valence-electron chi connectivity index (χ3n) is 10.9. The number of hydrogen-bond donors (Lipinski definition) is 3. The van der Waals surface area contributed by atoms with Crippen LogP contribution in [0.2, 0.25) is 0 Å². The van der Waals surface area contributed by atoms with Crippen molar-refractivity contribution >= 4 is 34.7 Å². The number of ketones is 4. The van der Waals surface area contributed by atoms with Crippen LogP contribution in [-0.2, 0) is 38.7 Å². The van der Waals surface area contributed by atoms with Crippen molar-refractivity contribution in [1.82, 2.24) is 14.7 Å². The van der Waals surface area contributed by atoms with E-state index in [-0.39, 0.29) is 29.7 Å². The zero-order valence-corrected chi connectivity index (χ0v) is 30.5. The van der Waals surface area contributed by atoms with Crippen molar-refractivity contribution in [2.75, 3.05) is 60.3 Å². The fourth-order valence-electron chi connectivity index (χ4n) is 8.46. The van der Waals surface area contributed by atoms with Gasteiger partial charge in [-0.25, -0.2) is 0 Å². The van der Waals surface area contributed by atoms with E-state index in [0.29, 0.717) is 35.9 Å². The minimum atomic E-state index is -2.79. The number of amides is 1. The summed E-state index contributed by atoms with van der Waals surface area (Å²) in [6.45, 7) is 2.79. The van der Waals surface area contributed by atoms with Gasteiger partial charge in [-0.2, -0.15) is 0 Å². The lowest BCUT2D eigenvalue weighted by Gasteiger charge is -2.52. The number of fused-ring (bicyclic) bond motifs is 3. The van der Waals surface area contributed by atoms with E-state index in [1.54, 1.807) is 26.2 Å². The standard InChI is InChI=1S/C39H47N5O8/c1-41(2)14-15-44(19-21-10-8-7-9-11-21)20-23-12-13-28(52-23)25-18-27(42(3)4)24-16-22-17-26-32(43(5)6)35(47)31(38(40)50)37(49)39(26,51)36(48)29(22)34(46)30(24)33(25)45/h7-13,18,22,26,29,31-32,45,51H,14-17,19-20H2,1-6H3,(H2,40,50)/t22-,26-,29?,31?,32-,39+/m0/s1. The van der Waals surface area contributed by atoms with E-state index in [2.05, 4.69) is 21.9 Å². The highest BCUT2D eigenvalue weighted by Crippen LogP contribution is 2.53. The van der Waals surface area contributed by atoms with E-state index in [1.807, 2.05) is 57.4 Å². The lowest BCUT2D eigenvalue weighted by molar-refractivity contribution is -0.181. The summed E-state index contributed by atoms with van der Waals surface area (Å²) in [6, 6.07) is 14.3. The molecule has 0 saturated heterocycles. The number of hydrogen-bond acceptors (Lipinski definition) is 12. The van der Waals surface area contributed by atoms with Gasteiger partial charge >= 0.3 is 0 Å². The normalized spacial score (nSPS) is 25.8. The second kappa shape index (κ2) is 14.0. The van der Waals surface area contributed by atoms with E-state index in [1.165, 1.54) is 4.90 Å². The molecule has 13 nitrogen and oxygen atoms in total. The first kappa shape index (κ1) is 37.1. The molecular formula is C39H47N5O8. The van der Waals surface area contributed by atoms with Gasteiger partial charge in [-0.1, -0.05) is 30.3 Å². The first-order chi connectivity index (χ1) is 24.6. The Balaban J connectivity index is 1.37. The molecule has 2 saturated carbocycles. The van der Waals surface area contributed by atoms with Crippen molar-refractivity contribution in [3.63, 3.8) is 0 Å². The van der Waals surface area contributed by atoms with Crippen molar-refractivity contribution in [3.05, 3.63) is 71.0 Å². The number of Topliss-reactive ketones (excluding diaryl/α,β-unsaturated/α-hetero) is 4. The minimum Gasteiger partial charge on any atom is -0.506 e. The summed E-state index contributed by atoms with van der Waals surface area (Å²) in [4.78, 5) is 75.8. The molecular weight excluding hydrogens is 666 g/mol. The number of nitrogens with zero attached hydrogens (tertiary/aromatic N) is 4. The summed E-state index contributed by atoms with van der Waals surface area (Å²) in [7, 11) is 10.8.